The van der Waals surface area contributed by atoms with E-state index in [9.17, 15) is 9.59 Å². The van der Waals surface area contributed by atoms with E-state index in [4.69, 9.17) is 18.9 Å². The molecule has 0 bridgehead atoms. The second-order valence-electron chi connectivity index (χ2n) is 10.4. The Morgan fingerprint density at radius 3 is 2.87 bits per heavy atom. The lowest BCUT2D eigenvalue weighted by Crippen LogP contribution is -2.50. The Bertz CT molecular complexity index is 1350. The molecule has 2 N–H and O–H groups in total. The molecule has 4 heterocycles. The molecule has 1 atom stereocenters. The van der Waals surface area contributed by atoms with E-state index in [0.717, 1.165) is 19.3 Å². The fourth-order valence-electron chi connectivity index (χ4n) is 4.66. The predicted octanol–water partition coefficient (Wildman–Crippen LogP) is 4.27. The van der Waals surface area contributed by atoms with Crippen LogP contribution in [0.2, 0.25) is 0 Å². The lowest BCUT2D eigenvalue weighted by molar-refractivity contribution is 0.0185. The van der Waals surface area contributed by atoms with E-state index in [1.54, 1.807) is 11.1 Å². The van der Waals surface area contributed by atoms with Gasteiger partial charge in [-0.1, -0.05) is 6.92 Å². The molecular weight excluding hydrogens is 490 g/mol. The number of piperidine rings is 1. The number of nitrogens with one attached hydrogen (secondary N) is 2. The molecule has 0 spiro atoms. The first-order valence-electron chi connectivity index (χ1n) is 12.9. The smallest absolute Gasteiger partial charge is 0.410 e. The maximum atomic E-state index is 13.3. The van der Waals surface area contributed by atoms with Crippen LogP contribution in [0.3, 0.4) is 0 Å². The zero-order chi connectivity index (χ0) is 26.9. The molecule has 38 heavy (non-hydrogen) atoms. The van der Waals surface area contributed by atoms with Gasteiger partial charge >= 0.3 is 6.09 Å². The Hall–Kier alpha value is -4.02. The molecule has 2 aliphatic heterocycles. The summed E-state index contributed by atoms with van der Waals surface area (Å²) < 4.78 is 22.9. The molecular formula is C27H33N5O6. The van der Waals surface area contributed by atoms with Crippen LogP contribution in [-0.4, -0.2) is 70.0 Å². The van der Waals surface area contributed by atoms with Gasteiger partial charge in [-0.05, 0) is 52.2 Å². The number of ether oxygens (including phenoxy) is 4. The van der Waals surface area contributed by atoms with E-state index >= 15 is 0 Å². The van der Waals surface area contributed by atoms with Crippen molar-refractivity contribution in [2.45, 2.75) is 58.6 Å². The average molecular weight is 524 g/mol. The van der Waals surface area contributed by atoms with Crippen molar-refractivity contribution in [2.24, 2.45) is 0 Å². The number of hydrogen-bond donors (Lipinski definition) is 2. The number of carbonyl (C=O) groups is 2. The molecule has 2 aliphatic rings. The van der Waals surface area contributed by atoms with Crippen LogP contribution in [0.5, 0.6) is 17.2 Å². The van der Waals surface area contributed by atoms with Crippen molar-refractivity contribution >= 4 is 23.0 Å². The maximum Gasteiger partial charge on any atom is 0.410 e. The minimum Gasteiger partial charge on any atom is -0.493 e. The van der Waals surface area contributed by atoms with Gasteiger partial charge in [0.2, 0.25) is 6.79 Å². The Morgan fingerprint density at radius 1 is 1.24 bits per heavy atom. The van der Waals surface area contributed by atoms with Crippen molar-refractivity contribution in [3.8, 4) is 28.5 Å². The number of H-pyrrole nitrogens is 1. The van der Waals surface area contributed by atoms with Gasteiger partial charge in [-0.2, -0.15) is 0 Å². The maximum absolute atomic E-state index is 13.3. The largest absolute Gasteiger partial charge is 0.493 e. The van der Waals surface area contributed by atoms with Crippen LogP contribution in [0.25, 0.3) is 22.3 Å². The second kappa shape index (κ2) is 10.4. The van der Waals surface area contributed by atoms with Crippen molar-refractivity contribution in [1.29, 1.82) is 0 Å². The summed E-state index contributed by atoms with van der Waals surface area (Å²) >= 11 is 0. The molecule has 0 radical (unpaired) electrons. The number of aromatic amines is 1. The third kappa shape index (κ3) is 5.18. The van der Waals surface area contributed by atoms with Gasteiger partial charge in [-0.25, -0.2) is 14.8 Å². The SMILES string of the molecule is CCCOc1ccc2c(c1-c1ncnc3c(C(=O)N[C@@H]4CCCN(C(=O)OC(C)(C)C)C4)c[nH]c13)OCO2. The lowest BCUT2D eigenvalue weighted by atomic mass is 10.0. The molecule has 1 fully saturated rings. The Kier molecular flexibility index (Phi) is 7.00. The van der Waals surface area contributed by atoms with E-state index in [0.29, 0.717) is 64.8 Å². The predicted molar refractivity (Wildman–Crippen MR) is 140 cm³/mol. The van der Waals surface area contributed by atoms with Crippen LogP contribution in [-0.2, 0) is 4.74 Å². The van der Waals surface area contributed by atoms with Gasteiger partial charge < -0.3 is 34.1 Å². The molecule has 202 valence electrons. The number of carbonyl (C=O) groups excluding carboxylic acids is 2. The third-order valence-corrected chi connectivity index (χ3v) is 6.32. The molecule has 0 unspecified atom stereocenters. The summed E-state index contributed by atoms with van der Waals surface area (Å²) in [4.78, 5) is 39.6. The fourth-order valence-corrected chi connectivity index (χ4v) is 4.66. The molecule has 1 aromatic carbocycles. The second-order valence-corrected chi connectivity index (χ2v) is 10.4. The van der Waals surface area contributed by atoms with Gasteiger partial charge in [0.1, 0.15) is 28.9 Å². The molecule has 11 heteroatoms. The molecule has 1 saturated heterocycles. The van der Waals surface area contributed by atoms with E-state index in [2.05, 4.69) is 20.3 Å². The summed E-state index contributed by atoms with van der Waals surface area (Å²) in [6, 6.07) is 3.45. The topological polar surface area (TPSA) is 128 Å². The minimum atomic E-state index is -0.577. The summed E-state index contributed by atoms with van der Waals surface area (Å²) in [7, 11) is 0. The number of amides is 2. The zero-order valence-electron chi connectivity index (χ0n) is 22.1. The van der Waals surface area contributed by atoms with Crippen LogP contribution in [0.4, 0.5) is 4.79 Å². The Labute approximate surface area is 220 Å². The number of benzene rings is 1. The van der Waals surface area contributed by atoms with Crippen molar-refractivity contribution in [2.75, 3.05) is 26.5 Å². The molecule has 0 saturated carbocycles. The first-order chi connectivity index (χ1) is 18.2. The average Bonchev–Trinajstić information content (AvgIpc) is 3.53. The van der Waals surface area contributed by atoms with E-state index < -0.39 is 5.60 Å². The number of nitrogens with zero attached hydrogens (tertiary/aromatic N) is 3. The fraction of sp³-hybridized carbons (Fsp3) is 0.481. The van der Waals surface area contributed by atoms with Gasteiger partial charge in [0.25, 0.3) is 5.91 Å². The monoisotopic (exact) mass is 523 g/mol. The summed E-state index contributed by atoms with van der Waals surface area (Å²) in [5.74, 6) is 1.48. The molecule has 11 nitrogen and oxygen atoms in total. The minimum absolute atomic E-state index is 0.105. The first-order valence-corrected chi connectivity index (χ1v) is 12.9. The van der Waals surface area contributed by atoms with Crippen LogP contribution in [0.1, 0.15) is 57.3 Å². The highest BCUT2D eigenvalue weighted by Crippen LogP contribution is 2.47. The molecule has 2 amide bonds. The van der Waals surface area contributed by atoms with E-state index in [1.807, 2.05) is 39.8 Å². The van der Waals surface area contributed by atoms with Crippen LogP contribution in [0, 0.1) is 0 Å². The highest BCUT2D eigenvalue weighted by molar-refractivity contribution is 6.08. The normalized spacial score (nSPS) is 16.9. The Balaban J connectivity index is 1.40. The zero-order valence-corrected chi connectivity index (χ0v) is 22.1. The molecule has 2 aromatic heterocycles. The van der Waals surface area contributed by atoms with Gasteiger partial charge in [0.15, 0.2) is 11.5 Å². The van der Waals surface area contributed by atoms with Crippen molar-refractivity contribution < 1.29 is 28.5 Å². The van der Waals surface area contributed by atoms with Gasteiger partial charge in [-0.3, -0.25) is 4.79 Å². The number of aromatic nitrogens is 3. The van der Waals surface area contributed by atoms with Crippen molar-refractivity contribution in [3.05, 3.63) is 30.2 Å². The van der Waals surface area contributed by atoms with Gasteiger partial charge in [-0.15, -0.1) is 0 Å². The quantitative estimate of drug-likeness (QED) is 0.490. The van der Waals surface area contributed by atoms with Gasteiger partial charge in [0, 0.05) is 25.3 Å². The lowest BCUT2D eigenvalue weighted by Gasteiger charge is -2.34. The highest BCUT2D eigenvalue weighted by Gasteiger charge is 2.30. The van der Waals surface area contributed by atoms with E-state index in [1.165, 1.54) is 6.33 Å². The standard InChI is InChI=1S/C27H33N5O6/c1-5-11-35-18-8-9-19-24(37-15-36-19)20(18)22-23-21(29-14-30-22)17(12-28-23)25(33)31-16-7-6-10-32(13-16)26(34)38-27(2,3)4/h8-9,12,14,16,28H,5-7,10-11,13,15H2,1-4H3,(H,31,33)/t16-/m1/s1. The first kappa shape index (κ1) is 25.6. The summed E-state index contributed by atoms with van der Waals surface area (Å²) in [5, 5.41) is 3.06. The third-order valence-electron chi connectivity index (χ3n) is 6.32. The number of fused-ring (bicyclic) bond motifs is 2. The summed E-state index contributed by atoms with van der Waals surface area (Å²) in [6.45, 7) is 9.16. The van der Waals surface area contributed by atoms with Crippen molar-refractivity contribution in [1.82, 2.24) is 25.2 Å². The van der Waals surface area contributed by atoms with Crippen LogP contribution in [0.15, 0.2) is 24.7 Å². The molecule has 3 aromatic rings. The van der Waals surface area contributed by atoms with Gasteiger partial charge in [0.05, 0.1) is 23.3 Å². The summed E-state index contributed by atoms with van der Waals surface area (Å²) in [5.41, 5.74) is 2.07. The molecule has 5 rings (SSSR count). The number of likely N-dealkylation sites (tertiary alicyclic amines) is 1. The Morgan fingerprint density at radius 2 is 2.08 bits per heavy atom. The van der Waals surface area contributed by atoms with Crippen LogP contribution >= 0.6 is 0 Å². The van der Waals surface area contributed by atoms with E-state index in [-0.39, 0.29) is 24.8 Å². The van der Waals surface area contributed by atoms with Crippen LogP contribution < -0.4 is 19.5 Å². The number of hydrogen-bond acceptors (Lipinski definition) is 8. The van der Waals surface area contributed by atoms with Crippen molar-refractivity contribution in [3.63, 3.8) is 0 Å². The number of rotatable bonds is 6. The molecule has 0 aliphatic carbocycles. The highest BCUT2D eigenvalue weighted by atomic mass is 16.7. The summed E-state index contributed by atoms with van der Waals surface area (Å²) in [6.07, 6.45) is 5.05.